The Balaban J connectivity index is 1.69. The minimum Gasteiger partial charge on any atom is -0.460 e. The highest BCUT2D eigenvalue weighted by atomic mass is 32.2. The molecule has 0 aliphatic heterocycles. The van der Waals surface area contributed by atoms with Crippen LogP contribution in [0.25, 0.3) is 11.1 Å². The number of carbonyl (C=O) groups excluding carboxylic acids is 1. The number of esters is 1. The smallest absolute Gasteiger partial charge is 0.306 e. The number of carbonyl (C=O) groups is 1. The fourth-order valence-corrected chi connectivity index (χ4v) is 5.81. The number of ether oxygens (including phenoxy) is 2. The van der Waals surface area contributed by atoms with E-state index in [-0.39, 0.29) is 37.0 Å². The van der Waals surface area contributed by atoms with E-state index < -0.39 is 15.4 Å². The third-order valence-electron chi connectivity index (χ3n) is 6.35. The minimum absolute atomic E-state index is 0.0501. The SMILES string of the molecule is CCOCCS(=O)(=O)c1cc(C)c(-c2cccc(CNc3ccc(CCC(=O)OC(C)(C)C)c(F)c3)c2)c(C)c1. The van der Waals surface area contributed by atoms with E-state index in [4.69, 9.17) is 9.47 Å². The molecule has 0 atom stereocenters. The summed E-state index contributed by atoms with van der Waals surface area (Å²) < 4.78 is 50.8. The van der Waals surface area contributed by atoms with Crippen molar-refractivity contribution in [1.82, 2.24) is 0 Å². The Labute approximate surface area is 237 Å². The van der Waals surface area contributed by atoms with Gasteiger partial charge in [-0.3, -0.25) is 4.79 Å². The summed E-state index contributed by atoms with van der Waals surface area (Å²) in [6.45, 7) is 12.2. The molecule has 0 saturated heterocycles. The highest BCUT2D eigenvalue weighted by Crippen LogP contribution is 2.31. The fourth-order valence-electron chi connectivity index (χ4n) is 4.52. The highest BCUT2D eigenvalue weighted by molar-refractivity contribution is 7.91. The lowest BCUT2D eigenvalue weighted by atomic mass is 9.94. The Morgan fingerprint density at radius 1 is 1.00 bits per heavy atom. The molecule has 0 radical (unpaired) electrons. The van der Waals surface area contributed by atoms with Gasteiger partial charge in [-0.2, -0.15) is 0 Å². The molecule has 0 bridgehead atoms. The number of aryl methyl sites for hydroxylation is 3. The number of anilines is 1. The predicted octanol–water partition coefficient (Wildman–Crippen LogP) is 6.81. The average molecular weight is 570 g/mol. The van der Waals surface area contributed by atoms with E-state index in [1.54, 1.807) is 45.0 Å². The van der Waals surface area contributed by atoms with Crippen molar-refractivity contribution in [2.24, 2.45) is 0 Å². The Morgan fingerprint density at radius 2 is 1.70 bits per heavy atom. The molecule has 0 heterocycles. The molecule has 0 aliphatic rings. The molecule has 216 valence electrons. The molecular weight excluding hydrogens is 529 g/mol. The lowest BCUT2D eigenvalue weighted by Crippen LogP contribution is -2.24. The molecule has 0 amide bonds. The van der Waals surface area contributed by atoms with Crippen LogP contribution in [-0.2, 0) is 37.1 Å². The summed E-state index contributed by atoms with van der Waals surface area (Å²) in [5.41, 5.74) is 5.27. The number of hydrogen-bond acceptors (Lipinski definition) is 6. The molecule has 0 aromatic heterocycles. The predicted molar refractivity (Wildman–Crippen MR) is 158 cm³/mol. The molecule has 6 nitrogen and oxygen atoms in total. The van der Waals surface area contributed by atoms with Crippen LogP contribution in [0.3, 0.4) is 0 Å². The lowest BCUT2D eigenvalue weighted by molar-refractivity contribution is -0.154. The van der Waals surface area contributed by atoms with E-state index >= 15 is 0 Å². The van der Waals surface area contributed by atoms with Gasteiger partial charge in [-0.05, 0) is 112 Å². The third-order valence-corrected chi connectivity index (χ3v) is 8.01. The molecule has 8 heteroatoms. The van der Waals surface area contributed by atoms with Crippen molar-refractivity contribution >= 4 is 21.5 Å². The van der Waals surface area contributed by atoms with E-state index in [1.807, 2.05) is 39.0 Å². The topological polar surface area (TPSA) is 81.7 Å². The first kappa shape index (κ1) is 31.3. The van der Waals surface area contributed by atoms with Crippen LogP contribution in [0, 0.1) is 19.7 Å². The monoisotopic (exact) mass is 569 g/mol. The van der Waals surface area contributed by atoms with Crippen molar-refractivity contribution in [3.05, 3.63) is 82.7 Å². The van der Waals surface area contributed by atoms with Crippen LogP contribution >= 0.6 is 0 Å². The maximum absolute atomic E-state index is 14.7. The molecule has 3 aromatic carbocycles. The highest BCUT2D eigenvalue weighted by Gasteiger charge is 2.19. The number of sulfone groups is 1. The van der Waals surface area contributed by atoms with Crippen molar-refractivity contribution in [2.45, 2.75) is 71.4 Å². The van der Waals surface area contributed by atoms with E-state index in [2.05, 4.69) is 11.4 Å². The summed E-state index contributed by atoms with van der Waals surface area (Å²) in [6.07, 6.45) is 0.390. The molecule has 40 heavy (non-hydrogen) atoms. The van der Waals surface area contributed by atoms with Gasteiger partial charge in [0.1, 0.15) is 11.4 Å². The van der Waals surface area contributed by atoms with E-state index in [0.29, 0.717) is 29.3 Å². The van der Waals surface area contributed by atoms with Gasteiger partial charge in [-0.25, -0.2) is 12.8 Å². The standard InChI is InChI=1S/C32H40FNO5S/c1-7-38-15-16-40(36,37)28-17-22(2)31(23(3)18-28)26-10-8-9-24(19-26)21-34-27-13-11-25(29(33)20-27)12-14-30(35)39-32(4,5)6/h8-11,13,17-20,34H,7,12,14-16,21H2,1-6H3. The first-order valence-electron chi connectivity index (χ1n) is 13.5. The lowest BCUT2D eigenvalue weighted by Gasteiger charge is -2.19. The van der Waals surface area contributed by atoms with Gasteiger partial charge in [0.05, 0.1) is 17.3 Å². The van der Waals surface area contributed by atoms with Gasteiger partial charge in [0.2, 0.25) is 0 Å². The van der Waals surface area contributed by atoms with Gasteiger partial charge in [0.15, 0.2) is 9.84 Å². The Bertz CT molecular complexity index is 1420. The second kappa shape index (κ2) is 13.4. The van der Waals surface area contributed by atoms with Gasteiger partial charge in [0.25, 0.3) is 0 Å². The van der Waals surface area contributed by atoms with Crippen molar-refractivity contribution < 1.29 is 27.1 Å². The summed E-state index contributed by atoms with van der Waals surface area (Å²) in [6, 6.07) is 16.4. The van der Waals surface area contributed by atoms with Crippen LogP contribution in [0.5, 0.6) is 0 Å². The number of hydrogen-bond donors (Lipinski definition) is 1. The molecule has 0 saturated carbocycles. The zero-order valence-electron chi connectivity index (χ0n) is 24.3. The Hall–Kier alpha value is -3.23. The van der Waals surface area contributed by atoms with E-state index in [9.17, 15) is 17.6 Å². The summed E-state index contributed by atoms with van der Waals surface area (Å²) >= 11 is 0. The van der Waals surface area contributed by atoms with Crippen molar-refractivity contribution in [1.29, 1.82) is 0 Å². The molecule has 0 aliphatic carbocycles. The second-order valence-electron chi connectivity index (χ2n) is 10.9. The zero-order valence-corrected chi connectivity index (χ0v) is 25.1. The van der Waals surface area contributed by atoms with Gasteiger partial charge in [-0.15, -0.1) is 0 Å². The van der Waals surface area contributed by atoms with Crippen LogP contribution < -0.4 is 5.32 Å². The summed E-state index contributed by atoms with van der Waals surface area (Å²) in [5, 5.41) is 3.26. The first-order valence-corrected chi connectivity index (χ1v) is 15.2. The summed E-state index contributed by atoms with van der Waals surface area (Å²) in [7, 11) is -3.43. The molecule has 3 aromatic rings. The van der Waals surface area contributed by atoms with Gasteiger partial charge in [0, 0.05) is 25.3 Å². The largest absolute Gasteiger partial charge is 0.460 e. The third kappa shape index (κ3) is 8.89. The summed E-state index contributed by atoms with van der Waals surface area (Å²) in [5.74, 6) is -0.770. The molecular formula is C32H40FNO5S. The van der Waals surface area contributed by atoms with Crippen LogP contribution in [0.2, 0.25) is 0 Å². The maximum atomic E-state index is 14.7. The van der Waals surface area contributed by atoms with Crippen LogP contribution in [0.4, 0.5) is 10.1 Å². The van der Waals surface area contributed by atoms with Crippen molar-refractivity contribution in [3.8, 4) is 11.1 Å². The van der Waals surface area contributed by atoms with E-state index in [0.717, 1.165) is 27.8 Å². The molecule has 0 unspecified atom stereocenters. The zero-order chi connectivity index (χ0) is 29.5. The Morgan fingerprint density at radius 3 is 2.33 bits per heavy atom. The Kier molecular flexibility index (Phi) is 10.5. The quantitative estimate of drug-likeness (QED) is 0.191. The number of benzene rings is 3. The van der Waals surface area contributed by atoms with E-state index in [1.165, 1.54) is 6.07 Å². The first-order chi connectivity index (χ1) is 18.8. The molecule has 3 rings (SSSR count). The number of nitrogens with one attached hydrogen (secondary N) is 1. The van der Waals surface area contributed by atoms with Crippen LogP contribution in [0.15, 0.2) is 59.5 Å². The number of halogens is 1. The average Bonchev–Trinajstić information content (AvgIpc) is 2.86. The van der Waals surface area contributed by atoms with Gasteiger partial charge in [-0.1, -0.05) is 24.3 Å². The van der Waals surface area contributed by atoms with Crippen LogP contribution in [-0.4, -0.2) is 39.0 Å². The molecule has 0 fully saturated rings. The second-order valence-corrected chi connectivity index (χ2v) is 13.0. The molecule has 1 N–H and O–H groups in total. The maximum Gasteiger partial charge on any atom is 0.306 e. The van der Waals surface area contributed by atoms with Crippen molar-refractivity contribution in [3.63, 3.8) is 0 Å². The molecule has 0 spiro atoms. The number of rotatable bonds is 12. The fraction of sp³-hybridized carbons (Fsp3) is 0.406. The van der Waals surface area contributed by atoms with Gasteiger partial charge < -0.3 is 14.8 Å². The normalized spacial score (nSPS) is 11.9. The minimum atomic E-state index is -3.43. The van der Waals surface area contributed by atoms with Crippen molar-refractivity contribution in [2.75, 3.05) is 24.3 Å². The summed E-state index contributed by atoms with van der Waals surface area (Å²) in [4.78, 5) is 12.3. The van der Waals surface area contributed by atoms with Crippen LogP contribution in [0.1, 0.15) is 56.4 Å². The van der Waals surface area contributed by atoms with Gasteiger partial charge >= 0.3 is 5.97 Å².